The van der Waals surface area contributed by atoms with Gasteiger partial charge in [-0.15, -0.1) is 10.2 Å². The van der Waals surface area contributed by atoms with Crippen LogP contribution in [0.4, 0.5) is 11.4 Å². The molecule has 0 aliphatic heterocycles. The molecule has 0 atom stereocenters. The third-order valence-electron chi connectivity index (χ3n) is 3.99. The number of fused-ring (bicyclic) bond motifs is 1. The smallest absolute Gasteiger partial charge is 0.504 e. The van der Waals surface area contributed by atoms with E-state index in [0.29, 0.717) is 0 Å². The Kier molecular flexibility index (Phi) is 7.22. The number of phenols is 1. The van der Waals surface area contributed by atoms with Gasteiger partial charge in [0.2, 0.25) is 0 Å². The van der Waals surface area contributed by atoms with Crippen LogP contribution >= 0.6 is 0 Å². The van der Waals surface area contributed by atoms with E-state index in [-0.39, 0.29) is 51.6 Å². The maximum Gasteiger partial charge on any atom is 1.00 e. The van der Waals surface area contributed by atoms with E-state index in [4.69, 9.17) is 0 Å². The van der Waals surface area contributed by atoms with Gasteiger partial charge in [-0.3, -0.25) is 9.11 Å². The van der Waals surface area contributed by atoms with E-state index in [9.17, 15) is 40.9 Å². The summed E-state index contributed by atoms with van der Waals surface area (Å²) in [6.07, 6.45) is 0. The molecule has 0 aliphatic carbocycles. The van der Waals surface area contributed by atoms with Gasteiger partial charge in [0.05, 0.1) is 10.5 Å². The molecule has 3 rings (SSSR count). The summed E-state index contributed by atoms with van der Waals surface area (Å²) in [6, 6.07) is 9.30. The molecule has 4 N–H and O–H groups in total. The van der Waals surface area contributed by atoms with Crippen LogP contribution in [0.2, 0.25) is 0 Å². The first-order valence-corrected chi connectivity index (χ1v) is 10.8. The van der Waals surface area contributed by atoms with Gasteiger partial charge in [-0.05, 0) is 35.7 Å². The van der Waals surface area contributed by atoms with Crippen molar-refractivity contribution in [1.29, 1.82) is 0 Å². The van der Waals surface area contributed by atoms with Crippen molar-refractivity contribution < 1.29 is 70.5 Å². The average Bonchev–Trinajstić information content (AvgIpc) is 2.65. The van der Waals surface area contributed by atoms with E-state index in [2.05, 4.69) is 10.2 Å². The van der Waals surface area contributed by atoms with Crippen molar-refractivity contribution in [3.8, 4) is 5.75 Å². The van der Waals surface area contributed by atoms with Crippen LogP contribution in [-0.2, 0) is 20.2 Å². The third-order valence-corrected chi connectivity index (χ3v) is 5.71. The van der Waals surface area contributed by atoms with Crippen LogP contribution < -0.4 is 29.6 Å². The van der Waals surface area contributed by atoms with E-state index in [1.54, 1.807) is 0 Å². The van der Waals surface area contributed by atoms with E-state index in [0.717, 1.165) is 24.3 Å². The molecule has 0 amide bonds. The number of hydrogen-bond donors (Lipinski definition) is 4. The molecular formula is C17H12N2NaO9S2+. The minimum atomic E-state index is -4.96. The summed E-state index contributed by atoms with van der Waals surface area (Å²) in [4.78, 5) is 9.73. The molecule has 0 unspecified atom stereocenters. The number of azo groups is 1. The van der Waals surface area contributed by atoms with Crippen molar-refractivity contribution in [3.63, 3.8) is 0 Å². The van der Waals surface area contributed by atoms with Crippen molar-refractivity contribution in [2.75, 3.05) is 0 Å². The van der Waals surface area contributed by atoms with Gasteiger partial charge in [-0.25, -0.2) is 4.79 Å². The molecule has 0 fully saturated rings. The van der Waals surface area contributed by atoms with Crippen molar-refractivity contribution in [3.05, 3.63) is 54.1 Å². The number of aromatic hydroxyl groups is 1. The Morgan fingerprint density at radius 1 is 0.871 bits per heavy atom. The Bertz CT molecular complexity index is 1440. The second-order valence-corrected chi connectivity index (χ2v) is 8.74. The largest absolute Gasteiger partial charge is 1.00 e. The van der Waals surface area contributed by atoms with Crippen LogP contribution in [0, 0.1) is 0 Å². The fourth-order valence-electron chi connectivity index (χ4n) is 2.63. The predicted octanol–water partition coefficient (Wildman–Crippen LogP) is 0.156. The Morgan fingerprint density at radius 3 is 2.10 bits per heavy atom. The number of carboxylic acids is 1. The maximum atomic E-state index is 11.6. The predicted molar refractivity (Wildman–Crippen MR) is 103 cm³/mol. The molecule has 0 heterocycles. The molecule has 0 saturated heterocycles. The Hall–Kier alpha value is -2.39. The van der Waals surface area contributed by atoms with Crippen LogP contribution in [-0.4, -0.2) is 42.1 Å². The molecule has 11 nitrogen and oxygen atoms in total. The van der Waals surface area contributed by atoms with Gasteiger partial charge in [-0.2, -0.15) is 16.8 Å². The fraction of sp³-hybridized carbons (Fsp3) is 0. The number of carbonyl (C=O) groups is 1. The maximum absolute atomic E-state index is 11.6. The zero-order chi connectivity index (χ0) is 22.3. The normalized spacial score (nSPS) is 12.1. The van der Waals surface area contributed by atoms with Crippen LogP contribution in [0.15, 0.2) is 68.6 Å². The molecular weight excluding hydrogens is 463 g/mol. The standard InChI is InChI=1S/C17H12N2O9S2.Na/c20-16-14(30(26,27)28)8-9-7-10(29(23,24)25)5-6-11(9)15(16)19-18-13-4-2-1-3-12(13)17(21)22;/h1-8,20H,(H,21,22)(H,23,24,25)(H,26,27,28);/q;+1. The minimum Gasteiger partial charge on any atom is -0.504 e. The van der Waals surface area contributed by atoms with Gasteiger partial charge in [-0.1, -0.05) is 18.2 Å². The van der Waals surface area contributed by atoms with E-state index in [1.807, 2.05) is 0 Å². The molecule has 3 aromatic carbocycles. The SMILES string of the molecule is O=C(O)c1ccccc1N=Nc1c(O)c(S(=O)(=O)O)cc2cc(S(=O)(=O)O)ccc12.[Na+]. The Labute approximate surface area is 197 Å². The first-order chi connectivity index (χ1) is 13.9. The van der Waals surface area contributed by atoms with Gasteiger partial charge in [0, 0.05) is 5.39 Å². The summed E-state index contributed by atoms with van der Waals surface area (Å²) in [6.45, 7) is 0. The average molecular weight is 475 g/mol. The quantitative estimate of drug-likeness (QED) is 0.226. The van der Waals surface area contributed by atoms with Crippen molar-refractivity contribution in [2.24, 2.45) is 10.2 Å². The third kappa shape index (κ3) is 5.27. The fourth-order valence-corrected chi connectivity index (χ4v) is 3.77. The molecule has 0 saturated carbocycles. The summed E-state index contributed by atoms with van der Waals surface area (Å²) >= 11 is 0. The molecule has 0 radical (unpaired) electrons. The molecule has 0 aromatic heterocycles. The number of benzene rings is 3. The summed E-state index contributed by atoms with van der Waals surface area (Å²) in [7, 11) is -9.59. The van der Waals surface area contributed by atoms with Gasteiger partial charge in [0.1, 0.15) is 16.3 Å². The second kappa shape index (κ2) is 9.00. The number of carboxylic acid groups (broad SMARTS) is 1. The summed E-state index contributed by atoms with van der Waals surface area (Å²) in [5.74, 6) is -2.29. The molecule has 3 aromatic rings. The van der Waals surface area contributed by atoms with Crippen LogP contribution in [0.1, 0.15) is 10.4 Å². The summed E-state index contributed by atoms with van der Waals surface area (Å²) < 4.78 is 64.6. The number of hydrogen-bond acceptors (Lipinski definition) is 8. The zero-order valence-corrected chi connectivity index (χ0v) is 19.3. The van der Waals surface area contributed by atoms with Gasteiger partial charge in [0.25, 0.3) is 20.2 Å². The van der Waals surface area contributed by atoms with E-state index in [1.165, 1.54) is 24.3 Å². The Morgan fingerprint density at radius 2 is 1.52 bits per heavy atom. The number of aromatic carboxylic acids is 1. The monoisotopic (exact) mass is 475 g/mol. The number of nitrogens with zero attached hydrogens (tertiary/aromatic N) is 2. The van der Waals surface area contributed by atoms with E-state index >= 15 is 0 Å². The molecule has 0 spiro atoms. The van der Waals surface area contributed by atoms with Gasteiger partial charge < -0.3 is 10.2 Å². The van der Waals surface area contributed by atoms with Crippen LogP contribution in [0.5, 0.6) is 5.75 Å². The van der Waals surface area contributed by atoms with Crippen molar-refractivity contribution in [1.82, 2.24) is 0 Å². The molecule has 0 aliphatic rings. The summed E-state index contributed by atoms with van der Waals surface area (Å²) in [5, 5.41) is 26.9. The Balaban J connectivity index is 0.00000341. The molecule has 14 heteroatoms. The van der Waals surface area contributed by atoms with Crippen molar-refractivity contribution >= 4 is 48.4 Å². The first kappa shape index (κ1) is 24.9. The van der Waals surface area contributed by atoms with Gasteiger partial charge in [0.15, 0.2) is 5.75 Å². The molecule has 31 heavy (non-hydrogen) atoms. The van der Waals surface area contributed by atoms with E-state index < -0.39 is 47.4 Å². The van der Waals surface area contributed by atoms with Gasteiger partial charge >= 0.3 is 35.5 Å². The summed E-state index contributed by atoms with van der Waals surface area (Å²) in [5.41, 5.74) is -0.795. The van der Waals surface area contributed by atoms with Crippen LogP contribution in [0.25, 0.3) is 10.8 Å². The zero-order valence-electron chi connectivity index (χ0n) is 15.7. The minimum absolute atomic E-state index is 0. The number of rotatable bonds is 5. The molecule has 0 bridgehead atoms. The first-order valence-electron chi connectivity index (χ1n) is 7.88. The van der Waals surface area contributed by atoms with Crippen LogP contribution in [0.3, 0.4) is 0 Å². The van der Waals surface area contributed by atoms with Crippen molar-refractivity contribution in [2.45, 2.75) is 9.79 Å². The number of phenolic OH excluding ortho intramolecular Hbond substituents is 1. The molecule has 156 valence electrons. The second-order valence-electron chi connectivity index (χ2n) is 5.93. The topological polar surface area (TPSA) is 191 Å².